The number of halogens is 13. The Morgan fingerprint density at radius 2 is 0.750 bits per heavy atom. The number of thiophene rings is 2. The van der Waals surface area contributed by atoms with Crippen LogP contribution in [-0.2, 0) is 36.8 Å². The molecule has 6 aromatic rings. The summed E-state index contributed by atoms with van der Waals surface area (Å²) in [4.78, 5) is 0. The Kier molecular flexibility index (Phi) is 14.2. The van der Waals surface area contributed by atoms with Crippen LogP contribution in [0.4, 0.5) is 57.1 Å². The molecule has 0 aliphatic rings. The average molecular weight is 840 g/mol. The summed E-state index contributed by atoms with van der Waals surface area (Å²) in [6.45, 7) is 0. The molecule has 0 saturated carbocycles. The first-order chi connectivity index (χ1) is 23.3. The van der Waals surface area contributed by atoms with Gasteiger partial charge in [-0.25, -0.2) is 30.2 Å². The molecule has 4 aromatic carbocycles. The van der Waals surface area contributed by atoms with E-state index in [0.717, 1.165) is 72.8 Å². The van der Waals surface area contributed by atoms with Gasteiger partial charge in [-0.3, -0.25) is 0 Å². The number of alkyl halides is 9. The maximum atomic E-state index is 13.2. The standard InChI is InChI=1S/2C13H6F5S.CHF3O3S.CH4.H2O4S/c2*14-7-1-3-11-9(5-7)10-6-8(15)2-4-12(10)19(11)13(16,17)18;2-1(3,4)8(5,6)7;;1-4-5(2)3/h2*1-6H;(H,5,6,7);1H4;1H,(H,2,3)/q2*+1;;;/p-3. The van der Waals surface area contributed by atoms with E-state index in [-0.39, 0.29) is 47.8 Å². The highest BCUT2D eigenvalue weighted by Crippen LogP contribution is 2.55. The van der Waals surface area contributed by atoms with Crippen LogP contribution in [0.15, 0.2) is 72.8 Å². The molecule has 0 N–H and O–H groups in total. The second kappa shape index (κ2) is 16.6. The Morgan fingerprint density at radius 3 is 0.885 bits per heavy atom. The fourth-order valence-corrected chi connectivity index (χ4v) is 8.14. The Bertz CT molecular complexity index is 2080. The number of rotatable bonds is 1. The predicted octanol–water partition coefficient (Wildman–Crippen LogP) is 9.75. The molecule has 0 aliphatic heterocycles. The molecular weight excluding hydrogens is 824 g/mol. The summed E-state index contributed by atoms with van der Waals surface area (Å²) in [6, 6.07) is 12.5. The van der Waals surface area contributed by atoms with Crippen LogP contribution in [0.25, 0.3) is 40.3 Å². The highest BCUT2D eigenvalue weighted by Gasteiger charge is 2.48. The van der Waals surface area contributed by atoms with Crippen LogP contribution in [0.2, 0.25) is 0 Å². The fraction of sp³-hybridized carbons (Fsp3) is 0.143. The predicted molar refractivity (Wildman–Crippen MR) is 163 cm³/mol. The average Bonchev–Trinajstić information content (AvgIpc) is 3.48. The molecule has 0 spiro atoms. The molecule has 0 fully saturated rings. The summed E-state index contributed by atoms with van der Waals surface area (Å²) in [6.07, 6.45) is 0. The minimum Gasteiger partial charge on any atom is -0.750 e. The molecule has 0 saturated heterocycles. The van der Waals surface area contributed by atoms with Crippen LogP contribution in [0, 0.1) is 23.3 Å². The molecule has 0 bridgehead atoms. The lowest BCUT2D eigenvalue weighted by Crippen LogP contribution is -2.21. The first-order valence-corrected chi connectivity index (χ1v) is 17.4. The van der Waals surface area contributed by atoms with E-state index in [1.54, 1.807) is 0 Å². The Labute approximate surface area is 290 Å². The van der Waals surface area contributed by atoms with Crippen LogP contribution in [0.3, 0.4) is 0 Å². The fourth-order valence-electron chi connectivity index (χ4n) is 4.30. The van der Waals surface area contributed by atoms with Crippen molar-refractivity contribution in [2.75, 3.05) is 0 Å². The summed E-state index contributed by atoms with van der Waals surface area (Å²) in [7, 11) is -10.4. The third-order valence-electron chi connectivity index (χ3n) is 6.03. The van der Waals surface area contributed by atoms with Gasteiger partial charge in [-0.1, -0.05) is 7.43 Å². The molecule has 6 rings (SSSR count). The van der Waals surface area contributed by atoms with Gasteiger partial charge < -0.3 is 18.7 Å². The van der Waals surface area contributed by atoms with Crippen molar-refractivity contribution < 1.29 is 88.4 Å². The quantitative estimate of drug-likeness (QED) is 0.0307. The minimum atomic E-state index is -6.09. The van der Waals surface area contributed by atoms with Crippen LogP contribution in [-0.4, -0.2) is 27.2 Å². The second-order valence-corrected chi connectivity index (χ2v) is 15.1. The van der Waals surface area contributed by atoms with E-state index in [0.29, 0.717) is 0 Å². The summed E-state index contributed by atoms with van der Waals surface area (Å²) >= 11 is -2.88. The van der Waals surface area contributed by atoms with Gasteiger partial charge in [-0.05, 0) is 48.5 Å². The second-order valence-electron chi connectivity index (χ2n) is 9.24. The molecule has 286 valence electrons. The molecular formula is C28H16F13O7S4-. The van der Waals surface area contributed by atoms with E-state index in [4.69, 9.17) is 27.0 Å². The topological polar surface area (TPSA) is 130 Å². The number of fused-ring (bicyclic) bond motifs is 6. The molecule has 1 unspecified atom stereocenters. The van der Waals surface area contributed by atoms with E-state index in [1.807, 2.05) is 0 Å². The maximum Gasteiger partial charge on any atom is 0.601 e. The van der Waals surface area contributed by atoms with Crippen molar-refractivity contribution in [3.63, 3.8) is 0 Å². The highest BCUT2D eigenvalue weighted by molar-refractivity contribution is 7.86. The van der Waals surface area contributed by atoms with Gasteiger partial charge in [0.05, 0.1) is 32.9 Å². The SMILES string of the molecule is C.Fc1ccc2c(c1)c1cc(F)ccc1[s+]2C(F)(F)F.Fc1ccc2c(c1)c1cc(F)ccc1[s+]2C(F)(F)F.O=S(=O)([O-])C(F)(F)F.O=S([O-])O[O-]. The van der Waals surface area contributed by atoms with Gasteiger partial charge in [0.2, 0.25) is 0 Å². The molecule has 7 nitrogen and oxygen atoms in total. The van der Waals surface area contributed by atoms with Crippen molar-refractivity contribution in [2.45, 2.75) is 24.0 Å². The van der Waals surface area contributed by atoms with E-state index in [1.165, 1.54) is 0 Å². The molecule has 2 aromatic heterocycles. The van der Waals surface area contributed by atoms with E-state index in [2.05, 4.69) is 4.33 Å². The monoisotopic (exact) mass is 839 g/mol. The van der Waals surface area contributed by atoms with Gasteiger partial charge in [-0.15, -0.1) is 26.3 Å². The Hall–Kier alpha value is -3.65. The van der Waals surface area contributed by atoms with Gasteiger partial charge in [0, 0.05) is 24.3 Å². The van der Waals surface area contributed by atoms with E-state index >= 15 is 0 Å². The third-order valence-corrected chi connectivity index (χ3v) is 10.8. The van der Waals surface area contributed by atoms with Gasteiger partial charge in [0.25, 0.3) is 0 Å². The zero-order valence-corrected chi connectivity index (χ0v) is 27.1. The number of hydrogen-bond acceptors (Lipinski definition) is 7. The van der Waals surface area contributed by atoms with Crippen molar-refractivity contribution in [3.05, 3.63) is 96.1 Å². The first kappa shape index (κ1) is 44.5. The normalized spacial score (nSPS) is 12.7. The van der Waals surface area contributed by atoms with Crippen LogP contribution in [0.1, 0.15) is 7.43 Å². The van der Waals surface area contributed by atoms with E-state index < -0.39 is 82.2 Å². The first-order valence-electron chi connectivity index (χ1n) is 12.5. The molecule has 0 aliphatic carbocycles. The summed E-state index contributed by atoms with van der Waals surface area (Å²) in [5, 5.41) is 9.00. The molecule has 0 amide bonds. The van der Waals surface area contributed by atoms with Crippen LogP contribution >= 0.6 is 20.9 Å². The third kappa shape index (κ3) is 10.5. The lowest BCUT2D eigenvalue weighted by Gasteiger charge is -2.08. The van der Waals surface area contributed by atoms with Crippen molar-refractivity contribution in [3.8, 4) is 0 Å². The van der Waals surface area contributed by atoms with Crippen LogP contribution in [0.5, 0.6) is 0 Å². The van der Waals surface area contributed by atoms with Gasteiger partial charge >= 0.3 is 16.5 Å². The lowest BCUT2D eigenvalue weighted by molar-refractivity contribution is -0.635. The lowest BCUT2D eigenvalue weighted by atomic mass is 10.1. The Morgan fingerprint density at radius 1 is 0.558 bits per heavy atom. The molecule has 2 heterocycles. The molecule has 0 radical (unpaired) electrons. The summed E-state index contributed by atoms with van der Waals surface area (Å²) in [5.41, 5.74) is -14.6. The maximum absolute atomic E-state index is 13.2. The molecule has 24 heteroatoms. The van der Waals surface area contributed by atoms with Gasteiger partial charge in [0.15, 0.2) is 28.9 Å². The zero-order valence-electron chi connectivity index (χ0n) is 23.8. The van der Waals surface area contributed by atoms with Crippen molar-refractivity contribution in [2.24, 2.45) is 0 Å². The van der Waals surface area contributed by atoms with Gasteiger partial charge in [-0.2, -0.15) is 13.2 Å². The number of hydrogen-bond donors (Lipinski definition) is 0. The highest BCUT2D eigenvalue weighted by atomic mass is 32.2. The molecule has 1 atom stereocenters. The number of benzene rings is 4. The summed E-state index contributed by atoms with van der Waals surface area (Å²) in [5.74, 6) is -2.55. The zero-order chi connectivity index (χ0) is 38.9. The minimum absolute atomic E-state index is 0. The van der Waals surface area contributed by atoms with Crippen LogP contribution < -0.4 is 5.26 Å². The largest absolute Gasteiger partial charge is 0.750 e. The van der Waals surface area contributed by atoms with E-state index in [9.17, 15) is 57.1 Å². The van der Waals surface area contributed by atoms with Crippen molar-refractivity contribution in [1.29, 1.82) is 0 Å². The van der Waals surface area contributed by atoms with Gasteiger partial charge in [0.1, 0.15) is 44.2 Å². The van der Waals surface area contributed by atoms with Crippen molar-refractivity contribution >= 4 is 82.8 Å². The summed E-state index contributed by atoms with van der Waals surface area (Å²) < 4.78 is 211. The Balaban J connectivity index is 0.000000268. The molecule has 52 heavy (non-hydrogen) atoms. The smallest absolute Gasteiger partial charge is 0.601 e. The van der Waals surface area contributed by atoms with Crippen molar-refractivity contribution in [1.82, 2.24) is 0 Å².